The largest absolute Gasteiger partial charge is 0.507 e. The Kier molecular flexibility index (Phi) is 5.33. The zero-order valence-electron chi connectivity index (χ0n) is 18.3. The minimum atomic E-state index is -1.24. The van der Waals surface area contributed by atoms with E-state index in [2.05, 4.69) is 0 Å². The van der Waals surface area contributed by atoms with Gasteiger partial charge in [-0.05, 0) is 35.9 Å². The second-order valence-electron chi connectivity index (χ2n) is 7.84. The number of hydrogen-bond acceptors (Lipinski definition) is 8. The van der Waals surface area contributed by atoms with Gasteiger partial charge in [0.1, 0.15) is 11.3 Å². The van der Waals surface area contributed by atoms with Gasteiger partial charge in [0, 0.05) is 5.39 Å². The van der Waals surface area contributed by atoms with Crippen LogP contribution in [0, 0.1) is 0 Å². The van der Waals surface area contributed by atoms with E-state index in [4.69, 9.17) is 13.6 Å². The summed E-state index contributed by atoms with van der Waals surface area (Å²) in [6.07, 6.45) is 0. The number of carbonyl (C=O) groups is 1. The number of esters is 1. The predicted molar refractivity (Wildman–Crippen MR) is 127 cm³/mol. The lowest BCUT2D eigenvalue weighted by Gasteiger charge is -2.19. The molecule has 5 rings (SSSR count). The van der Waals surface area contributed by atoms with Gasteiger partial charge in [-0.25, -0.2) is 14.4 Å². The quantitative estimate of drug-likeness (QED) is 0.294. The number of hydrogen-bond donors (Lipinski definition) is 2. The van der Waals surface area contributed by atoms with Crippen LogP contribution < -0.4 is 11.3 Å². The number of para-hydroxylation sites is 1. The molecule has 1 atom stereocenters. The average Bonchev–Trinajstić information content (AvgIpc) is 2.88. The summed E-state index contributed by atoms with van der Waals surface area (Å²) in [5.74, 6) is -2.80. The van der Waals surface area contributed by atoms with Crippen LogP contribution in [0.15, 0.2) is 91.2 Å². The molecule has 0 aliphatic carbocycles. The van der Waals surface area contributed by atoms with Crippen molar-refractivity contribution in [3.05, 3.63) is 116 Å². The summed E-state index contributed by atoms with van der Waals surface area (Å²) in [4.78, 5) is 37.8. The summed E-state index contributed by atoms with van der Waals surface area (Å²) in [5, 5.41) is 22.9. The molecule has 0 bridgehead atoms. The third-order valence-electron chi connectivity index (χ3n) is 5.87. The topological polar surface area (TPSA) is 127 Å². The summed E-state index contributed by atoms with van der Waals surface area (Å²) in [7, 11) is 1.25. The van der Waals surface area contributed by atoms with Crippen LogP contribution in [-0.4, -0.2) is 23.3 Å². The summed E-state index contributed by atoms with van der Waals surface area (Å²) >= 11 is 0. The normalized spacial score (nSPS) is 12.0. The van der Waals surface area contributed by atoms with Crippen molar-refractivity contribution in [3.63, 3.8) is 0 Å². The standard InChI is InChI=1S/C27H18O8/c1-33-25(30)15-12-10-14(11-13-15)20(21-22(28)18-8-4-5-9-19(18)34-27(21)32)24-23(29)16-6-2-3-7-17(16)26(31)35-24/h2-13,20,28-29H,1H3. The molecular formula is C27H18O8. The molecule has 0 aliphatic heterocycles. The lowest BCUT2D eigenvalue weighted by atomic mass is 9.87. The number of rotatable bonds is 4. The van der Waals surface area contributed by atoms with Gasteiger partial charge >= 0.3 is 17.2 Å². The van der Waals surface area contributed by atoms with Crippen molar-refractivity contribution in [2.45, 2.75) is 5.92 Å². The van der Waals surface area contributed by atoms with Crippen molar-refractivity contribution < 1.29 is 28.6 Å². The van der Waals surface area contributed by atoms with Gasteiger partial charge in [-0.2, -0.15) is 0 Å². The third kappa shape index (κ3) is 3.61. The number of methoxy groups -OCH3 is 1. The zero-order valence-corrected chi connectivity index (χ0v) is 18.3. The molecule has 174 valence electrons. The molecular weight excluding hydrogens is 452 g/mol. The van der Waals surface area contributed by atoms with Gasteiger partial charge in [0.25, 0.3) is 0 Å². The SMILES string of the molecule is COC(=O)c1ccc(C(c2oc(=O)c3ccccc3c2O)c2c(O)c3ccccc3oc2=O)cc1. The molecule has 2 heterocycles. The van der Waals surface area contributed by atoms with Crippen LogP contribution in [0.3, 0.4) is 0 Å². The molecule has 35 heavy (non-hydrogen) atoms. The predicted octanol–water partition coefficient (Wildman–Crippen LogP) is 4.28. The molecule has 0 fully saturated rings. The number of aromatic hydroxyl groups is 2. The summed E-state index contributed by atoms with van der Waals surface area (Å²) in [5.41, 5.74) is -1.07. The number of benzene rings is 3. The number of fused-ring (bicyclic) bond motifs is 2. The van der Waals surface area contributed by atoms with Gasteiger partial charge in [-0.3, -0.25) is 0 Å². The highest BCUT2D eigenvalue weighted by Crippen LogP contribution is 2.42. The summed E-state index contributed by atoms with van der Waals surface area (Å²) in [6, 6.07) is 18.7. The highest BCUT2D eigenvalue weighted by Gasteiger charge is 2.32. The Balaban J connectivity index is 1.84. The second-order valence-corrected chi connectivity index (χ2v) is 7.84. The van der Waals surface area contributed by atoms with Gasteiger partial charge < -0.3 is 23.8 Å². The minimum absolute atomic E-state index is 0.156. The van der Waals surface area contributed by atoms with Gasteiger partial charge in [0.05, 0.1) is 34.9 Å². The Labute approximate surface area is 197 Å². The first-order valence-electron chi connectivity index (χ1n) is 10.6. The van der Waals surface area contributed by atoms with Gasteiger partial charge in [-0.15, -0.1) is 0 Å². The van der Waals surface area contributed by atoms with E-state index < -0.39 is 23.1 Å². The molecule has 8 heteroatoms. The Morgan fingerprint density at radius 1 is 0.771 bits per heavy atom. The molecule has 0 aliphatic rings. The molecule has 1 unspecified atom stereocenters. The highest BCUT2D eigenvalue weighted by atomic mass is 16.5. The van der Waals surface area contributed by atoms with Crippen LogP contribution in [0.2, 0.25) is 0 Å². The zero-order chi connectivity index (χ0) is 24.7. The maximum Gasteiger partial charge on any atom is 0.344 e. The van der Waals surface area contributed by atoms with Crippen molar-refractivity contribution in [2.75, 3.05) is 7.11 Å². The molecule has 8 nitrogen and oxygen atoms in total. The van der Waals surface area contributed by atoms with Crippen LogP contribution in [0.5, 0.6) is 11.5 Å². The second kappa shape index (κ2) is 8.49. The molecule has 2 N–H and O–H groups in total. The molecule has 0 saturated heterocycles. The fraction of sp³-hybridized carbons (Fsp3) is 0.0741. The lowest BCUT2D eigenvalue weighted by molar-refractivity contribution is 0.0600. The Bertz CT molecular complexity index is 1710. The van der Waals surface area contributed by atoms with E-state index in [9.17, 15) is 24.6 Å². The Hall–Kier alpha value is -4.85. The molecule has 0 saturated carbocycles. The highest BCUT2D eigenvalue weighted by molar-refractivity contribution is 5.90. The first-order valence-corrected chi connectivity index (χ1v) is 10.6. The molecule has 3 aromatic carbocycles. The van der Waals surface area contributed by atoms with E-state index in [-0.39, 0.29) is 50.1 Å². The third-order valence-corrected chi connectivity index (χ3v) is 5.87. The first-order chi connectivity index (χ1) is 16.9. The van der Waals surface area contributed by atoms with Crippen molar-refractivity contribution in [1.29, 1.82) is 0 Å². The van der Waals surface area contributed by atoms with Crippen LogP contribution in [0.4, 0.5) is 0 Å². The maximum absolute atomic E-state index is 13.1. The van der Waals surface area contributed by atoms with Crippen LogP contribution in [0.1, 0.15) is 33.2 Å². The van der Waals surface area contributed by atoms with E-state index in [0.717, 1.165) is 0 Å². The molecule has 0 radical (unpaired) electrons. The molecule has 2 aromatic heterocycles. The lowest BCUT2D eigenvalue weighted by Crippen LogP contribution is -2.17. The van der Waals surface area contributed by atoms with E-state index >= 15 is 0 Å². The van der Waals surface area contributed by atoms with Crippen LogP contribution in [0.25, 0.3) is 21.7 Å². The van der Waals surface area contributed by atoms with E-state index in [1.807, 2.05) is 0 Å². The van der Waals surface area contributed by atoms with E-state index in [1.165, 1.54) is 43.5 Å². The van der Waals surface area contributed by atoms with Crippen molar-refractivity contribution in [3.8, 4) is 11.5 Å². The minimum Gasteiger partial charge on any atom is -0.507 e. The van der Waals surface area contributed by atoms with Crippen molar-refractivity contribution >= 4 is 27.7 Å². The fourth-order valence-electron chi connectivity index (χ4n) is 4.18. The number of carbonyl (C=O) groups excluding carboxylic acids is 1. The number of ether oxygens (including phenoxy) is 1. The summed E-state index contributed by atoms with van der Waals surface area (Å²) < 4.78 is 15.7. The Morgan fingerprint density at radius 3 is 2.09 bits per heavy atom. The van der Waals surface area contributed by atoms with Gasteiger partial charge in [-0.1, -0.05) is 42.5 Å². The molecule has 0 spiro atoms. The molecule has 0 amide bonds. The van der Waals surface area contributed by atoms with Crippen molar-refractivity contribution in [2.24, 2.45) is 0 Å². The van der Waals surface area contributed by atoms with E-state index in [1.54, 1.807) is 36.4 Å². The Morgan fingerprint density at radius 2 is 1.40 bits per heavy atom. The van der Waals surface area contributed by atoms with E-state index in [0.29, 0.717) is 5.56 Å². The van der Waals surface area contributed by atoms with Gasteiger partial charge in [0.2, 0.25) is 0 Å². The fourth-order valence-corrected chi connectivity index (χ4v) is 4.18. The van der Waals surface area contributed by atoms with Crippen LogP contribution in [-0.2, 0) is 4.74 Å². The average molecular weight is 470 g/mol. The summed E-state index contributed by atoms with van der Waals surface area (Å²) in [6.45, 7) is 0. The smallest absolute Gasteiger partial charge is 0.344 e. The van der Waals surface area contributed by atoms with Crippen molar-refractivity contribution in [1.82, 2.24) is 0 Å². The first kappa shape index (κ1) is 22.0. The van der Waals surface area contributed by atoms with Gasteiger partial charge in [0.15, 0.2) is 11.5 Å². The van der Waals surface area contributed by atoms with Crippen LogP contribution >= 0.6 is 0 Å². The molecule has 5 aromatic rings. The maximum atomic E-state index is 13.1. The monoisotopic (exact) mass is 470 g/mol.